The second-order valence-corrected chi connectivity index (χ2v) is 12.2. The summed E-state index contributed by atoms with van der Waals surface area (Å²) in [6.07, 6.45) is 0. The van der Waals surface area contributed by atoms with Gasteiger partial charge < -0.3 is 19.3 Å². The predicted octanol–water partition coefficient (Wildman–Crippen LogP) is 4.10. The normalized spacial score (nSPS) is 14.2. The number of anilines is 1. The minimum Gasteiger partial charge on any atom is -0.493 e. The van der Waals surface area contributed by atoms with Gasteiger partial charge in [0.05, 0.1) is 23.8 Å². The number of amides is 1. The van der Waals surface area contributed by atoms with E-state index in [4.69, 9.17) is 14.5 Å². The standard InChI is InChI=1S/C28H30N4O5S2/c1-30(19-20-7-5-4-6-8-20)39(34,35)22-11-9-21(10-12-22)27(33)31-15-17-32(18-16-31)28-29-25-24(38-28)14-13-23(36-2)26(25)37-3/h4-14H,15-19H2,1-3H3. The molecule has 0 spiro atoms. The molecule has 1 aliphatic heterocycles. The van der Waals surface area contributed by atoms with E-state index in [1.165, 1.54) is 16.4 Å². The summed E-state index contributed by atoms with van der Waals surface area (Å²) in [6.45, 7) is 2.62. The van der Waals surface area contributed by atoms with Gasteiger partial charge in [0.2, 0.25) is 10.0 Å². The van der Waals surface area contributed by atoms with Crippen molar-refractivity contribution in [1.82, 2.24) is 14.2 Å². The molecule has 9 nitrogen and oxygen atoms in total. The van der Waals surface area contributed by atoms with E-state index in [1.807, 2.05) is 42.5 Å². The molecule has 0 saturated carbocycles. The van der Waals surface area contributed by atoms with E-state index in [0.29, 0.717) is 43.2 Å². The Morgan fingerprint density at radius 1 is 0.949 bits per heavy atom. The number of hydrogen-bond donors (Lipinski definition) is 0. The van der Waals surface area contributed by atoms with Gasteiger partial charge in [0.1, 0.15) is 5.52 Å². The molecule has 11 heteroatoms. The first-order valence-electron chi connectivity index (χ1n) is 12.5. The Hall–Kier alpha value is -3.67. The van der Waals surface area contributed by atoms with Gasteiger partial charge in [0.25, 0.3) is 5.91 Å². The largest absolute Gasteiger partial charge is 0.493 e. The Bertz CT molecular complexity index is 1570. The van der Waals surface area contributed by atoms with Gasteiger partial charge >= 0.3 is 0 Å². The van der Waals surface area contributed by atoms with Gasteiger partial charge in [0, 0.05) is 45.3 Å². The van der Waals surface area contributed by atoms with Crippen LogP contribution in [-0.4, -0.2) is 76.0 Å². The monoisotopic (exact) mass is 566 g/mol. The van der Waals surface area contributed by atoms with E-state index in [9.17, 15) is 13.2 Å². The molecule has 0 radical (unpaired) electrons. The highest BCUT2D eigenvalue weighted by atomic mass is 32.2. The number of nitrogens with zero attached hydrogens (tertiary/aromatic N) is 4. The van der Waals surface area contributed by atoms with Crippen molar-refractivity contribution in [2.75, 3.05) is 52.3 Å². The first-order chi connectivity index (χ1) is 18.8. The van der Waals surface area contributed by atoms with E-state index < -0.39 is 10.0 Å². The molecule has 4 aromatic rings. The minimum atomic E-state index is -3.68. The van der Waals surface area contributed by atoms with E-state index in [-0.39, 0.29) is 17.3 Å². The first-order valence-corrected chi connectivity index (χ1v) is 14.7. The summed E-state index contributed by atoms with van der Waals surface area (Å²) in [4.78, 5) is 22.1. The number of sulfonamides is 1. The smallest absolute Gasteiger partial charge is 0.253 e. The van der Waals surface area contributed by atoms with Gasteiger partial charge in [-0.3, -0.25) is 4.79 Å². The average Bonchev–Trinajstić information content (AvgIpc) is 3.41. The lowest BCUT2D eigenvalue weighted by molar-refractivity contribution is 0.0746. The summed E-state index contributed by atoms with van der Waals surface area (Å²) >= 11 is 1.58. The maximum atomic E-state index is 13.2. The molecule has 0 N–H and O–H groups in total. The molecule has 0 atom stereocenters. The number of ether oxygens (including phenoxy) is 2. The Morgan fingerprint density at radius 3 is 2.28 bits per heavy atom. The molecule has 1 saturated heterocycles. The van der Waals surface area contributed by atoms with Crippen molar-refractivity contribution in [3.63, 3.8) is 0 Å². The fourth-order valence-corrected chi connectivity index (χ4v) is 6.77. The minimum absolute atomic E-state index is 0.119. The fourth-order valence-electron chi connectivity index (χ4n) is 4.59. The highest BCUT2D eigenvalue weighted by Crippen LogP contribution is 2.40. The number of piperazine rings is 1. The number of rotatable bonds is 8. The van der Waals surface area contributed by atoms with E-state index in [2.05, 4.69) is 4.90 Å². The van der Waals surface area contributed by atoms with Gasteiger partial charge in [-0.05, 0) is 42.0 Å². The molecule has 1 amide bonds. The molecule has 2 heterocycles. The Morgan fingerprint density at radius 2 is 1.64 bits per heavy atom. The number of methoxy groups -OCH3 is 2. The number of aromatic nitrogens is 1. The van der Waals surface area contributed by atoms with Crippen molar-refractivity contribution in [2.24, 2.45) is 0 Å². The summed E-state index contributed by atoms with van der Waals surface area (Å²) in [6, 6.07) is 19.5. The second-order valence-electron chi connectivity index (χ2n) is 9.19. The average molecular weight is 567 g/mol. The quantitative estimate of drug-likeness (QED) is 0.317. The van der Waals surface area contributed by atoms with Crippen LogP contribution in [0.15, 0.2) is 71.6 Å². The van der Waals surface area contributed by atoms with Crippen molar-refractivity contribution >= 4 is 42.6 Å². The zero-order chi connectivity index (χ0) is 27.6. The third-order valence-corrected chi connectivity index (χ3v) is 9.69. The number of carbonyl (C=O) groups is 1. The number of hydrogen-bond acceptors (Lipinski definition) is 8. The lowest BCUT2D eigenvalue weighted by atomic mass is 10.2. The van der Waals surface area contributed by atoms with Gasteiger partial charge in [0.15, 0.2) is 16.6 Å². The second kappa shape index (κ2) is 11.2. The molecule has 1 aromatic heterocycles. The maximum absolute atomic E-state index is 13.2. The van der Waals surface area contributed by atoms with E-state index in [1.54, 1.807) is 49.6 Å². The number of carbonyl (C=O) groups excluding carboxylic acids is 1. The zero-order valence-electron chi connectivity index (χ0n) is 22.0. The van der Waals surface area contributed by atoms with Crippen LogP contribution in [0, 0.1) is 0 Å². The van der Waals surface area contributed by atoms with Crippen LogP contribution in [-0.2, 0) is 16.6 Å². The third-order valence-electron chi connectivity index (χ3n) is 6.79. The van der Waals surface area contributed by atoms with E-state index in [0.717, 1.165) is 20.9 Å². The van der Waals surface area contributed by atoms with Gasteiger partial charge in [-0.2, -0.15) is 4.31 Å². The maximum Gasteiger partial charge on any atom is 0.253 e. The molecular weight excluding hydrogens is 536 g/mol. The highest BCUT2D eigenvalue weighted by molar-refractivity contribution is 7.89. The molecule has 1 fully saturated rings. The molecule has 204 valence electrons. The van der Waals surface area contributed by atoms with Crippen LogP contribution in [0.4, 0.5) is 5.13 Å². The molecule has 39 heavy (non-hydrogen) atoms. The van der Waals surface area contributed by atoms with Crippen LogP contribution in [0.1, 0.15) is 15.9 Å². The van der Waals surface area contributed by atoms with E-state index >= 15 is 0 Å². The molecule has 3 aromatic carbocycles. The molecule has 0 aliphatic carbocycles. The third kappa shape index (κ3) is 5.42. The molecule has 1 aliphatic rings. The van der Waals surface area contributed by atoms with Crippen molar-refractivity contribution in [1.29, 1.82) is 0 Å². The summed E-state index contributed by atoms with van der Waals surface area (Å²) in [5.41, 5.74) is 2.13. The lowest BCUT2D eigenvalue weighted by Crippen LogP contribution is -2.48. The Kier molecular flexibility index (Phi) is 7.74. The summed E-state index contributed by atoms with van der Waals surface area (Å²) in [5.74, 6) is 1.13. The first kappa shape index (κ1) is 26.9. The van der Waals surface area contributed by atoms with Crippen LogP contribution in [0.25, 0.3) is 10.2 Å². The topological polar surface area (TPSA) is 92.3 Å². The summed E-state index contributed by atoms with van der Waals surface area (Å²) < 4.78 is 39.3. The lowest BCUT2D eigenvalue weighted by Gasteiger charge is -2.34. The fraction of sp³-hybridized carbons (Fsp3) is 0.286. The van der Waals surface area contributed by atoms with Gasteiger partial charge in [-0.25, -0.2) is 13.4 Å². The highest BCUT2D eigenvalue weighted by Gasteiger charge is 2.26. The van der Waals surface area contributed by atoms with Crippen molar-refractivity contribution in [3.05, 3.63) is 77.9 Å². The Labute approximate surface area is 232 Å². The van der Waals surface area contributed by atoms with Crippen LogP contribution in [0.2, 0.25) is 0 Å². The number of benzene rings is 3. The molecule has 0 bridgehead atoms. The molecule has 5 rings (SSSR count). The van der Waals surface area contributed by atoms with Crippen LogP contribution >= 0.6 is 11.3 Å². The molecular formula is C28H30N4O5S2. The predicted molar refractivity (Wildman–Crippen MR) is 152 cm³/mol. The number of fused-ring (bicyclic) bond motifs is 1. The Balaban J connectivity index is 1.23. The summed E-state index contributed by atoms with van der Waals surface area (Å²) in [5, 5.41) is 0.873. The van der Waals surface area contributed by atoms with Crippen molar-refractivity contribution in [3.8, 4) is 11.5 Å². The van der Waals surface area contributed by atoms with Crippen LogP contribution < -0.4 is 14.4 Å². The van der Waals surface area contributed by atoms with Crippen molar-refractivity contribution < 1.29 is 22.7 Å². The SMILES string of the molecule is COc1ccc2sc(N3CCN(C(=O)c4ccc(S(=O)(=O)N(C)Cc5ccccc5)cc4)CC3)nc2c1OC. The summed E-state index contributed by atoms with van der Waals surface area (Å²) in [7, 11) is 1.07. The van der Waals surface area contributed by atoms with Crippen LogP contribution in [0.5, 0.6) is 11.5 Å². The van der Waals surface area contributed by atoms with Gasteiger partial charge in [-0.15, -0.1) is 0 Å². The zero-order valence-corrected chi connectivity index (χ0v) is 23.7. The van der Waals surface area contributed by atoms with Crippen molar-refractivity contribution in [2.45, 2.75) is 11.4 Å². The molecule has 0 unspecified atom stereocenters. The van der Waals surface area contributed by atoms with Crippen LogP contribution in [0.3, 0.4) is 0 Å². The van der Waals surface area contributed by atoms with Gasteiger partial charge in [-0.1, -0.05) is 41.7 Å². The number of thiazole rings is 1.